The maximum atomic E-state index is 14.2. The molecule has 3 aromatic rings. The van der Waals surface area contributed by atoms with Gasteiger partial charge in [-0.1, -0.05) is 30.1 Å². The van der Waals surface area contributed by atoms with Crippen molar-refractivity contribution in [3.05, 3.63) is 60.1 Å². The van der Waals surface area contributed by atoms with Crippen LogP contribution in [0.1, 0.15) is 60.9 Å². The average molecular weight is 454 g/mol. The van der Waals surface area contributed by atoms with Crippen LogP contribution in [-0.2, 0) is 4.79 Å². The summed E-state index contributed by atoms with van der Waals surface area (Å²) >= 11 is 0. The molecule has 0 radical (unpaired) electrons. The molecule has 2 atom stereocenters. The minimum Gasteiger partial charge on any atom is -0.364 e. The predicted molar refractivity (Wildman–Crippen MR) is 120 cm³/mol. The highest BCUT2D eigenvalue weighted by Crippen LogP contribution is 2.25. The number of nitrogens with one attached hydrogen (secondary N) is 2. The monoisotopic (exact) mass is 453 g/mol. The molecule has 174 valence electrons. The van der Waals surface area contributed by atoms with Crippen molar-refractivity contribution in [1.29, 1.82) is 0 Å². The molecule has 8 nitrogen and oxygen atoms in total. The molecule has 1 amide bonds. The van der Waals surface area contributed by atoms with Crippen LogP contribution in [0, 0.1) is 5.82 Å². The highest BCUT2D eigenvalue weighted by molar-refractivity contribution is 5.93. The zero-order valence-electron chi connectivity index (χ0n) is 18.6. The van der Waals surface area contributed by atoms with Gasteiger partial charge in [-0.3, -0.25) is 14.5 Å². The summed E-state index contributed by atoms with van der Waals surface area (Å²) < 4.78 is 18.9. The molecule has 2 N–H and O–H groups in total. The highest BCUT2D eigenvalue weighted by Gasteiger charge is 2.32. The molecule has 0 spiro atoms. The Morgan fingerprint density at radius 2 is 2.12 bits per heavy atom. The van der Waals surface area contributed by atoms with Gasteiger partial charge in [-0.25, -0.2) is 9.37 Å². The Bertz CT molecular complexity index is 1080. The molecule has 0 bridgehead atoms. The highest BCUT2D eigenvalue weighted by atomic mass is 19.1. The first-order valence-electron chi connectivity index (χ1n) is 11.3. The summed E-state index contributed by atoms with van der Waals surface area (Å²) in [5, 5.41) is 6.78. The number of aromatic amines is 1. The summed E-state index contributed by atoms with van der Waals surface area (Å²) in [6.45, 7) is 0.903. The van der Waals surface area contributed by atoms with E-state index in [0.29, 0.717) is 35.6 Å². The fourth-order valence-electron chi connectivity index (χ4n) is 4.02. The number of imidazole rings is 1. The van der Waals surface area contributed by atoms with Gasteiger partial charge >= 0.3 is 0 Å². The molecule has 1 fully saturated rings. The lowest BCUT2D eigenvalue weighted by molar-refractivity contribution is -0.130. The normalized spacial score (nSPS) is 16.8. The summed E-state index contributed by atoms with van der Waals surface area (Å²) in [6.07, 6.45) is 7.21. The van der Waals surface area contributed by atoms with Crippen molar-refractivity contribution in [3.63, 3.8) is 0 Å². The van der Waals surface area contributed by atoms with Crippen molar-refractivity contribution < 1.29 is 18.5 Å². The lowest BCUT2D eigenvalue weighted by atomic mass is 10.0. The summed E-state index contributed by atoms with van der Waals surface area (Å²) in [5.41, 5.74) is 1.36. The van der Waals surface area contributed by atoms with Gasteiger partial charge in [0, 0.05) is 24.6 Å². The number of hydrogen-bond donors (Lipinski definition) is 2. The van der Waals surface area contributed by atoms with Crippen molar-refractivity contribution in [2.24, 2.45) is 0 Å². The number of ketones is 1. The first-order valence-corrected chi connectivity index (χ1v) is 11.3. The number of halogens is 1. The number of carbonyl (C=O) groups excluding carboxylic acids is 2. The van der Waals surface area contributed by atoms with E-state index in [2.05, 4.69) is 20.4 Å². The molecule has 1 aliphatic rings. The van der Waals surface area contributed by atoms with Crippen molar-refractivity contribution in [2.75, 3.05) is 13.6 Å². The van der Waals surface area contributed by atoms with Gasteiger partial charge in [-0.15, -0.1) is 0 Å². The molecule has 9 heteroatoms. The quantitative estimate of drug-likeness (QED) is 0.337. The van der Waals surface area contributed by atoms with E-state index in [0.717, 1.165) is 32.2 Å². The number of carbonyl (C=O) groups is 2. The summed E-state index contributed by atoms with van der Waals surface area (Å²) in [6, 6.07) is 7.62. The van der Waals surface area contributed by atoms with Crippen LogP contribution in [0.15, 0.2) is 47.3 Å². The topological polar surface area (TPSA) is 104 Å². The molecular weight excluding hydrogens is 425 g/mol. The Hall–Kier alpha value is -3.33. The molecule has 33 heavy (non-hydrogen) atoms. The van der Waals surface area contributed by atoms with E-state index in [9.17, 15) is 14.0 Å². The lowest BCUT2D eigenvalue weighted by Gasteiger charge is -2.37. The van der Waals surface area contributed by atoms with Crippen LogP contribution < -0.4 is 5.32 Å². The minimum atomic E-state index is -0.332. The Labute approximate surface area is 191 Å². The smallest absolute Gasteiger partial charge is 0.237 e. The van der Waals surface area contributed by atoms with Gasteiger partial charge < -0.3 is 14.8 Å². The first-order chi connectivity index (χ1) is 16.0. The number of nitrogens with zero attached hydrogens (tertiary/aromatic N) is 3. The Kier molecular flexibility index (Phi) is 7.29. The second-order valence-electron chi connectivity index (χ2n) is 8.42. The molecule has 0 saturated carbocycles. The number of likely N-dealkylation sites (N-methyl/N-ethyl adjacent to an activating group) is 1. The summed E-state index contributed by atoms with van der Waals surface area (Å²) in [5.74, 6) is 0.199. The number of unbranched alkanes of at least 4 members (excludes halogenated alkanes) is 2. The SMILES string of the molecule is CN1CCC1C(=O)N[C@@H](CCCCCC(=O)c1ccon1)c1ncc(-c2ccccc2F)[nH]1. The summed E-state index contributed by atoms with van der Waals surface area (Å²) in [7, 11) is 1.93. The van der Waals surface area contributed by atoms with Crippen LogP contribution in [0.2, 0.25) is 0 Å². The van der Waals surface area contributed by atoms with Crippen molar-refractivity contribution >= 4 is 11.7 Å². The number of Topliss-reactive ketones (excluding diaryl/α,β-unsaturated/α-hetero) is 1. The van der Waals surface area contributed by atoms with E-state index >= 15 is 0 Å². The number of amides is 1. The van der Waals surface area contributed by atoms with Crippen molar-refractivity contribution in [3.8, 4) is 11.3 Å². The van der Waals surface area contributed by atoms with E-state index in [-0.39, 0.29) is 29.6 Å². The molecule has 3 heterocycles. The molecule has 1 aromatic carbocycles. The molecule has 2 aromatic heterocycles. The number of aromatic nitrogens is 3. The molecule has 1 aliphatic heterocycles. The standard InChI is InChI=1S/C24H28FN5O3/c1-30-13-11-21(30)24(32)28-19(9-3-2-4-10-22(31)18-12-14-33-29-18)23-26-15-20(27-23)16-7-5-6-8-17(16)25/h5-8,12,14-15,19,21H,2-4,9-11,13H2,1H3,(H,26,27)(H,28,32)/t19-,21?/m0/s1. The second kappa shape index (κ2) is 10.5. The maximum Gasteiger partial charge on any atom is 0.237 e. The number of likely N-dealkylation sites (tertiary alicyclic amines) is 1. The second-order valence-corrected chi connectivity index (χ2v) is 8.42. The number of hydrogen-bond acceptors (Lipinski definition) is 6. The van der Waals surface area contributed by atoms with Gasteiger partial charge in [0.15, 0.2) is 5.78 Å². The molecular formula is C24H28FN5O3. The number of H-pyrrole nitrogens is 1. The first kappa shape index (κ1) is 22.8. The van der Waals surface area contributed by atoms with Gasteiger partial charge in [0.1, 0.15) is 23.6 Å². The zero-order valence-corrected chi connectivity index (χ0v) is 18.6. The van der Waals surface area contributed by atoms with Crippen LogP contribution in [0.4, 0.5) is 4.39 Å². The molecule has 0 aliphatic carbocycles. The summed E-state index contributed by atoms with van der Waals surface area (Å²) in [4.78, 5) is 34.4. The maximum absolute atomic E-state index is 14.2. The molecule has 1 unspecified atom stereocenters. The zero-order chi connectivity index (χ0) is 23.2. The minimum absolute atomic E-state index is 0.0289. The fraction of sp³-hybridized carbons (Fsp3) is 0.417. The van der Waals surface area contributed by atoms with Crippen LogP contribution in [-0.4, -0.2) is 51.3 Å². The lowest BCUT2D eigenvalue weighted by Crippen LogP contribution is -2.54. The van der Waals surface area contributed by atoms with E-state index in [4.69, 9.17) is 4.52 Å². The van der Waals surface area contributed by atoms with Crippen molar-refractivity contribution in [2.45, 2.75) is 50.6 Å². The van der Waals surface area contributed by atoms with E-state index < -0.39 is 0 Å². The number of benzene rings is 1. The van der Waals surface area contributed by atoms with Gasteiger partial charge in [-0.2, -0.15) is 0 Å². The molecule has 4 rings (SSSR count). The van der Waals surface area contributed by atoms with Crippen LogP contribution >= 0.6 is 0 Å². The largest absolute Gasteiger partial charge is 0.364 e. The number of rotatable bonds is 11. The van der Waals surface area contributed by atoms with E-state index in [1.807, 2.05) is 11.9 Å². The van der Waals surface area contributed by atoms with E-state index in [1.165, 1.54) is 12.3 Å². The molecule has 1 saturated heterocycles. The average Bonchev–Trinajstić information content (AvgIpc) is 3.50. The van der Waals surface area contributed by atoms with Crippen LogP contribution in [0.25, 0.3) is 11.3 Å². The Morgan fingerprint density at radius 3 is 2.82 bits per heavy atom. The third-order valence-corrected chi connectivity index (χ3v) is 6.12. The predicted octanol–water partition coefficient (Wildman–Crippen LogP) is 3.90. The van der Waals surface area contributed by atoms with Gasteiger partial charge in [0.25, 0.3) is 0 Å². The Balaban J connectivity index is 1.37. The fourth-order valence-corrected chi connectivity index (χ4v) is 4.02. The Morgan fingerprint density at radius 1 is 1.27 bits per heavy atom. The van der Waals surface area contributed by atoms with E-state index in [1.54, 1.807) is 30.5 Å². The van der Waals surface area contributed by atoms with Crippen molar-refractivity contribution in [1.82, 2.24) is 25.3 Å². The van der Waals surface area contributed by atoms with Gasteiger partial charge in [-0.05, 0) is 38.4 Å². The van der Waals surface area contributed by atoms with Gasteiger partial charge in [0.05, 0.1) is 24.0 Å². The third kappa shape index (κ3) is 5.54. The van der Waals surface area contributed by atoms with Gasteiger partial charge in [0.2, 0.25) is 5.91 Å². The van der Waals surface area contributed by atoms with Crippen LogP contribution in [0.5, 0.6) is 0 Å². The van der Waals surface area contributed by atoms with Crippen LogP contribution in [0.3, 0.4) is 0 Å². The third-order valence-electron chi connectivity index (χ3n) is 6.12.